The molecule has 3 aromatic rings. The molecule has 0 spiro atoms. The lowest BCUT2D eigenvalue weighted by Gasteiger charge is -2.08. The van der Waals surface area contributed by atoms with Crippen molar-refractivity contribution in [3.05, 3.63) is 58.9 Å². The van der Waals surface area contributed by atoms with Gasteiger partial charge in [-0.3, -0.25) is 0 Å². The van der Waals surface area contributed by atoms with Crippen molar-refractivity contribution in [3.8, 4) is 22.9 Å². The molecule has 2 aromatic carbocycles. The van der Waals surface area contributed by atoms with Crippen LogP contribution in [0.3, 0.4) is 0 Å². The van der Waals surface area contributed by atoms with Gasteiger partial charge in [0, 0.05) is 0 Å². The number of hydrogen-bond donors (Lipinski definition) is 1. The molecule has 0 amide bonds. The summed E-state index contributed by atoms with van der Waals surface area (Å²) in [5.41, 5.74) is 1.77. The highest BCUT2D eigenvalue weighted by molar-refractivity contribution is 7.71. The van der Waals surface area contributed by atoms with E-state index in [4.69, 9.17) is 21.7 Å². The number of ether oxygens (including phenoxy) is 2. The number of nitrogens with zero attached hydrogens (tertiary/aromatic N) is 3. The first-order chi connectivity index (χ1) is 13.7. The van der Waals surface area contributed by atoms with Crippen LogP contribution in [-0.4, -0.2) is 34.3 Å². The van der Waals surface area contributed by atoms with E-state index in [-0.39, 0.29) is 0 Å². The van der Waals surface area contributed by atoms with Crippen LogP contribution in [0.1, 0.15) is 32.3 Å². The minimum atomic E-state index is 0.414. The van der Waals surface area contributed by atoms with E-state index >= 15 is 0 Å². The van der Waals surface area contributed by atoms with Crippen molar-refractivity contribution in [2.75, 3.05) is 13.2 Å². The van der Waals surface area contributed by atoms with E-state index in [0.29, 0.717) is 17.2 Å². The van der Waals surface area contributed by atoms with Gasteiger partial charge in [0.1, 0.15) is 11.5 Å². The number of H-pyrrole nitrogens is 1. The normalized spacial score (nSPS) is 11.1. The van der Waals surface area contributed by atoms with Gasteiger partial charge in [0.05, 0.1) is 25.0 Å². The van der Waals surface area contributed by atoms with Crippen molar-refractivity contribution in [2.24, 2.45) is 5.10 Å². The molecular weight excluding hydrogens is 372 g/mol. The highest BCUT2D eigenvalue weighted by Gasteiger charge is 2.13. The van der Waals surface area contributed by atoms with Crippen molar-refractivity contribution in [1.29, 1.82) is 0 Å². The first-order valence-electron chi connectivity index (χ1n) is 9.39. The number of rotatable bonds is 9. The maximum atomic E-state index is 5.70. The molecule has 0 aliphatic heterocycles. The lowest BCUT2D eigenvalue weighted by Crippen LogP contribution is -1.99. The third-order valence-corrected chi connectivity index (χ3v) is 4.31. The van der Waals surface area contributed by atoms with E-state index in [9.17, 15) is 0 Å². The van der Waals surface area contributed by atoms with Gasteiger partial charge in [-0.15, -0.1) is 0 Å². The van der Waals surface area contributed by atoms with E-state index in [1.165, 1.54) is 0 Å². The minimum absolute atomic E-state index is 0.414. The maximum Gasteiger partial charge on any atom is 0.216 e. The molecule has 0 bridgehead atoms. The standard InChI is InChI=1S/C21H24N4O2S/c1-3-5-14-27-17-12-10-16(11-13-17)15-22-25-20(23-24-21(25)28)18-8-6-7-9-19(18)26-4-2/h6-13,15H,3-5,14H2,1-2H3,(H,24,28)/b22-15-. The average molecular weight is 397 g/mol. The molecule has 0 saturated carbocycles. The summed E-state index contributed by atoms with van der Waals surface area (Å²) in [4.78, 5) is 0. The van der Waals surface area contributed by atoms with Gasteiger partial charge in [0.25, 0.3) is 0 Å². The van der Waals surface area contributed by atoms with Gasteiger partial charge >= 0.3 is 0 Å². The van der Waals surface area contributed by atoms with Gasteiger partial charge in [-0.25, -0.2) is 5.10 Å². The Morgan fingerprint density at radius 3 is 2.64 bits per heavy atom. The zero-order valence-electron chi connectivity index (χ0n) is 16.1. The van der Waals surface area contributed by atoms with Gasteiger partial charge < -0.3 is 9.47 Å². The van der Waals surface area contributed by atoms with Gasteiger partial charge in [-0.2, -0.15) is 14.9 Å². The Bertz CT molecular complexity index is 977. The number of aromatic amines is 1. The quantitative estimate of drug-likeness (QED) is 0.312. The van der Waals surface area contributed by atoms with E-state index in [1.807, 2.05) is 55.5 Å². The summed E-state index contributed by atoms with van der Waals surface area (Å²) in [5.74, 6) is 2.20. The average Bonchev–Trinajstić information content (AvgIpc) is 3.08. The van der Waals surface area contributed by atoms with Gasteiger partial charge in [-0.1, -0.05) is 25.5 Å². The van der Waals surface area contributed by atoms with Crippen molar-refractivity contribution >= 4 is 18.4 Å². The summed E-state index contributed by atoms with van der Waals surface area (Å²) in [7, 11) is 0. The van der Waals surface area contributed by atoms with E-state index in [2.05, 4.69) is 22.2 Å². The van der Waals surface area contributed by atoms with Crippen LogP contribution in [0.2, 0.25) is 0 Å². The molecule has 0 fully saturated rings. The fourth-order valence-corrected chi connectivity index (χ4v) is 2.79. The molecule has 6 nitrogen and oxygen atoms in total. The molecule has 0 unspecified atom stereocenters. The highest BCUT2D eigenvalue weighted by Crippen LogP contribution is 2.28. The van der Waals surface area contributed by atoms with Crippen molar-refractivity contribution < 1.29 is 9.47 Å². The van der Waals surface area contributed by atoms with Crippen LogP contribution in [0, 0.1) is 4.77 Å². The number of aromatic nitrogens is 3. The zero-order chi connectivity index (χ0) is 19.8. The summed E-state index contributed by atoms with van der Waals surface area (Å²) >= 11 is 5.35. The predicted octanol–water partition coefficient (Wildman–Crippen LogP) is 5.07. The Labute approximate surface area is 169 Å². The molecule has 1 N–H and O–H groups in total. The van der Waals surface area contributed by atoms with Crippen LogP contribution in [-0.2, 0) is 0 Å². The molecule has 1 aromatic heterocycles. The molecule has 28 heavy (non-hydrogen) atoms. The first-order valence-corrected chi connectivity index (χ1v) is 9.80. The third kappa shape index (κ3) is 4.86. The summed E-state index contributed by atoms with van der Waals surface area (Å²) < 4.78 is 13.4. The predicted molar refractivity (Wildman–Crippen MR) is 114 cm³/mol. The van der Waals surface area contributed by atoms with Gasteiger partial charge in [-0.05, 0) is 67.5 Å². The molecule has 0 radical (unpaired) electrons. The minimum Gasteiger partial charge on any atom is -0.494 e. The number of para-hydroxylation sites is 1. The van der Waals surface area contributed by atoms with Crippen LogP contribution in [0.5, 0.6) is 11.5 Å². The maximum absolute atomic E-state index is 5.70. The summed E-state index contributed by atoms with van der Waals surface area (Å²) in [5, 5.41) is 11.7. The smallest absolute Gasteiger partial charge is 0.216 e. The van der Waals surface area contributed by atoms with Crippen molar-refractivity contribution in [1.82, 2.24) is 14.9 Å². The van der Waals surface area contributed by atoms with E-state index < -0.39 is 0 Å². The Kier molecular flexibility index (Phi) is 6.97. The fourth-order valence-electron chi connectivity index (χ4n) is 2.61. The molecule has 7 heteroatoms. The Morgan fingerprint density at radius 2 is 1.89 bits per heavy atom. The summed E-state index contributed by atoms with van der Waals surface area (Å²) in [6.45, 7) is 5.39. The zero-order valence-corrected chi connectivity index (χ0v) is 16.9. The van der Waals surface area contributed by atoms with Crippen LogP contribution in [0.25, 0.3) is 11.4 Å². The Balaban J connectivity index is 1.82. The monoisotopic (exact) mass is 396 g/mol. The highest BCUT2D eigenvalue weighted by atomic mass is 32.1. The molecular formula is C21H24N4O2S. The Morgan fingerprint density at radius 1 is 1.11 bits per heavy atom. The van der Waals surface area contributed by atoms with Crippen LogP contribution >= 0.6 is 12.2 Å². The molecule has 0 aliphatic rings. The third-order valence-electron chi connectivity index (χ3n) is 4.05. The van der Waals surface area contributed by atoms with Gasteiger partial charge in [0.2, 0.25) is 4.77 Å². The number of unbranched alkanes of at least 4 members (excludes halogenated alkanes) is 1. The van der Waals surface area contributed by atoms with Crippen LogP contribution in [0.15, 0.2) is 53.6 Å². The lowest BCUT2D eigenvalue weighted by molar-refractivity contribution is 0.309. The number of benzene rings is 2. The first kappa shape index (κ1) is 19.8. The van der Waals surface area contributed by atoms with E-state index in [1.54, 1.807) is 10.9 Å². The topological polar surface area (TPSA) is 64.4 Å². The molecule has 0 saturated heterocycles. The fraction of sp³-hybridized carbons (Fsp3) is 0.286. The molecule has 0 aliphatic carbocycles. The van der Waals surface area contributed by atoms with Crippen molar-refractivity contribution in [2.45, 2.75) is 26.7 Å². The number of nitrogens with one attached hydrogen (secondary N) is 1. The molecule has 1 heterocycles. The van der Waals surface area contributed by atoms with Crippen molar-refractivity contribution in [3.63, 3.8) is 0 Å². The van der Waals surface area contributed by atoms with Gasteiger partial charge in [0.15, 0.2) is 5.82 Å². The number of hydrogen-bond acceptors (Lipinski definition) is 5. The second-order valence-corrected chi connectivity index (χ2v) is 6.50. The molecule has 3 rings (SSSR count). The second-order valence-electron chi connectivity index (χ2n) is 6.11. The summed E-state index contributed by atoms with van der Waals surface area (Å²) in [6, 6.07) is 15.5. The largest absolute Gasteiger partial charge is 0.494 e. The summed E-state index contributed by atoms with van der Waals surface area (Å²) in [6.07, 6.45) is 3.91. The molecule has 0 atom stereocenters. The SMILES string of the molecule is CCCCOc1ccc(/C=N\n2c(-c3ccccc3OCC)n[nH]c2=S)cc1. The van der Waals surface area contributed by atoms with E-state index in [0.717, 1.165) is 42.1 Å². The van der Waals surface area contributed by atoms with Crippen LogP contribution in [0.4, 0.5) is 0 Å². The van der Waals surface area contributed by atoms with Crippen LogP contribution < -0.4 is 9.47 Å². The Hall–Kier alpha value is -2.93. The second kappa shape index (κ2) is 9.85. The molecule has 146 valence electrons. The lowest BCUT2D eigenvalue weighted by atomic mass is 10.2.